The highest BCUT2D eigenvalue weighted by Crippen LogP contribution is 2.12. The summed E-state index contributed by atoms with van der Waals surface area (Å²) in [4.78, 5) is 17.3. The molecule has 2 aromatic rings. The first-order chi connectivity index (χ1) is 12.0. The van der Waals surface area contributed by atoms with E-state index in [4.69, 9.17) is 9.47 Å². The van der Waals surface area contributed by atoms with Crippen molar-refractivity contribution in [2.75, 3.05) is 20.8 Å². The smallest absolute Gasteiger partial charge is 0.280 e. The van der Waals surface area contributed by atoms with Crippen LogP contribution in [-0.4, -0.2) is 42.5 Å². The summed E-state index contributed by atoms with van der Waals surface area (Å²) in [7, 11) is 3.08. The van der Waals surface area contributed by atoms with Gasteiger partial charge < -0.3 is 9.47 Å². The molecule has 0 aliphatic carbocycles. The maximum atomic E-state index is 13.1. The molecule has 0 saturated heterocycles. The number of aromatic nitrogens is 2. The van der Waals surface area contributed by atoms with Crippen LogP contribution >= 0.6 is 0 Å². The topological polar surface area (TPSA) is 68.6 Å². The Bertz CT molecular complexity index is 774. The van der Waals surface area contributed by atoms with Crippen molar-refractivity contribution in [3.05, 3.63) is 51.7 Å². The summed E-state index contributed by atoms with van der Waals surface area (Å²) in [6.45, 7) is 4.13. The summed E-state index contributed by atoms with van der Waals surface area (Å²) in [5.74, 6) is -0.347. The van der Waals surface area contributed by atoms with Crippen LogP contribution in [0.3, 0.4) is 0 Å². The average Bonchev–Trinajstić information content (AvgIpc) is 2.93. The Morgan fingerprint density at radius 2 is 1.92 bits per heavy atom. The van der Waals surface area contributed by atoms with Crippen molar-refractivity contribution in [2.45, 2.75) is 33.0 Å². The zero-order valence-corrected chi connectivity index (χ0v) is 15.0. The van der Waals surface area contributed by atoms with Gasteiger partial charge >= 0.3 is 0 Å². The first-order valence-electron chi connectivity index (χ1n) is 8.18. The van der Waals surface area contributed by atoms with E-state index in [0.29, 0.717) is 29.9 Å². The predicted molar refractivity (Wildman–Crippen MR) is 95.2 cm³/mol. The van der Waals surface area contributed by atoms with Crippen LogP contribution in [-0.2, 0) is 15.9 Å². The van der Waals surface area contributed by atoms with E-state index in [0.717, 1.165) is 12.1 Å². The van der Waals surface area contributed by atoms with E-state index < -0.39 is 6.29 Å². The van der Waals surface area contributed by atoms with E-state index in [1.165, 1.54) is 16.8 Å². The van der Waals surface area contributed by atoms with Crippen LogP contribution in [0.15, 0.2) is 34.1 Å². The number of ether oxygens (including phenoxy) is 2. The van der Waals surface area contributed by atoms with E-state index >= 15 is 0 Å². The SMILES string of the molecule is CCCc1[nH]n(-c2ccc(F)cc2)c(=O)c1C(C)=NCC(OC)OC. The third-order valence-corrected chi connectivity index (χ3v) is 3.92. The highest BCUT2D eigenvalue weighted by molar-refractivity contribution is 5.99. The molecule has 0 amide bonds. The van der Waals surface area contributed by atoms with Crippen molar-refractivity contribution in [1.82, 2.24) is 9.78 Å². The maximum Gasteiger partial charge on any atom is 0.280 e. The molecule has 0 radical (unpaired) electrons. The van der Waals surface area contributed by atoms with Crippen LogP contribution in [0.1, 0.15) is 31.5 Å². The van der Waals surface area contributed by atoms with E-state index in [9.17, 15) is 9.18 Å². The molecule has 1 N–H and O–H groups in total. The minimum absolute atomic E-state index is 0.206. The van der Waals surface area contributed by atoms with Crippen LogP contribution in [0.25, 0.3) is 5.69 Å². The van der Waals surface area contributed by atoms with Gasteiger partial charge in [0.05, 0.1) is 17.8 Å². The summed E-state index contributed by atoms with van der Waals surface area (Å²) in [5.41, 5.74) is 2.34. The maximum absolute atomic E-state index is 13.1. The monoisotopic (exact) mass is 349 g/mol. The van der Waals surface area contributed by atoms with E-state index in [1.54, 1.807) is 33.3 Å². The van der Waals surface area contributed by atoms with Gasteiger partial charge in [0, 0.05) is 25.6 Å². The van der Waals surface area contributed by atoms with Gasteiger partial charge in [0.1, 0.15) is 5.82 Å². The van der Waals surface area contributed by atoms with Crippen molar-refractivity contribution in [3.8, 4) is 5.69 Å². The first-order valence-corrected chi connectivity index (χ1v) is 8.18. The Kier molecular flexibility index (Phi) is 6.66. The minimum Gasteiger partial charge on any atom is -0.354 e. The number of nitrogens with zero attached hydrogens (tertiary/aromatic N) is 2. The molecule has 25 heavy (non-hydrogen) atoms. The third-order valence-electron chi connectivity index (χ3n) is 3.92. The van der Waals surface area contributed by atoms with E-state index in [1.807, 2.05) is 6.92 Å². The molecular formula is C18H24FN3O3. The molecule has 136 valence electrons. The summed E-state index contributed by atoms with van der Waals surface area (Å²) >= 11 is 0. The van der Waals surface area contributed by atoms with Crippen LogP contribution in [0, 0.1) is 5.82 Å². The Balaban J connectivity index is 2.44. The number of hydrogen-bond acceptors (Lipinski definition) is 4. The van der Waals surface area contributed by atoms with Crippen molar-refractivity contribution in [1.29, 1.82) is 0 Å². The molecule has 0 spiro atoms. The van der Waals surface area contributed by atoms with Crippen molar-refractivity contribution < 1.29 is 13.9 Å². The van der Waals surface area contributed by atoms with Gasteiger partial charge in [-0.2, -0.15) is 0 Å². The zero-order chi connectivity index (χ0) is 18.4. The molecule has 0 aliphatic rings. The van der Waals surface area contributed by atoms with Crippen LogP contribution in [0.4, 0.5) is 4.39 Å². The molecule has 0 bridgehead atoms. The van der Waals surface area contributed by atoms with Gasteiger partial charge in [-0.3, -0.25) is 14.9 Å². The minimum atomic E-state index is -0.456. The van der Waals surface area contributed by atoms with Gasteiger partial charge in [-0.05, 0) is 37.6 Å². The van der Waals surface area contributed by atoms with Crippen molar-refractivity contribution in [3.63, 3.8) is 0 Å². The zero-order valence-electron chi connectivity index (χ0n) is 15.0. The summed E-state index contributed by atoms with van der Waals surface area (Å²) in [5, 5.41) is 3.12. The van der Waals surface area contributed by atoms with Crippen molar-refractivity contribution >= 4 is 5.71 Å². The normalized spacial score (nSPS) is 12.2. The Morgan fingerprint density at radius 1 is 1.28 bits per heavy atom. The lowest BCUT2D eigenvalue weighted by molar-refractivity contribution is -0.0936. The molecule has 0 unspecified atom stereocenters. The van der Waals surface area contributed by atoms with Gasteiger partial charge in [-0.1, -0.05) is 13.3 Å². The molecule has 0 fully saturated rings. The second-order valence-electron chi connectivity index (χ2n) is 5.66. The molecule has 1 heterocycles. The van der Waals surface area contributed by atoms with Crippen LogP contribution < -0.4 is 5.56 Å². The molecule has 0 saturated carbocycles. The fourth-order valence-electron chi connectivity index (χ4n) is 2.59. The lowest BCUT2D eigenvalue weighted by atomic mass is 10.1. The number of aromatic amines is 1. The van der Waals surface area contributed by atoms with E-state index in [2.05, 4.69) is 10.1 Å². The molecule has 1 aromatic heterocycles. The van der Waals surface area contributed by atoms with Gasteiger partial charge in [-0.25, -0.2) is 9.07 Å². The number of benzene rings is 1. The largest absolute Gasteiger partial charge is 0.354 e. The standard InChI is InChI=1S/C18H24FN3O3/c1-5-6-15-17(12(2)20-11-16(24-3)25-4)18(23)22(21-15)14-9-7-13(19)8-10-14/h7-10,16,21H,5-6,11H2,1-4H3. The van der Waals surface area contributed by atoms with E-state index in [-0.39, 0.29) is 11.4 Å². The molecule has 2 rings (SSSR count). The second-order valence-corrected chi connectivity index (χ2v) is 5.66. The van der Waals surface area contributed by atoms with Crippen LogP contribution in [0.2, 0.25) is 0 Å². The molecule has 7 heteroatoms. The van der Waals surface area contributed by atoms with Gasteiger partial charge in [0.25, 0.3) is 5.56 Å². The highest BCUT2D eigenvalue weighted by Gasteiger charge is 2.17. The molecular weight excluding hydrogens is 325 g/mol. The highest BCUT2D eigenvalue weighted by atomic mass is 19.1. The third kappa shape index (κ3) is 4.43. The van der Waals surface area contributed by atoms with Gasteiger partial charge in [0.2, 0.25) is 0 Å². The molecule has 0 atom stereocenters. The number of hydrogen-bond donors (Lipinski definition) is 1. The van der Waals surface area contributed by atoms with Crippen LogP contribution in [0.5, 0.6) is 0 Å². The van der Waals surface area contributed by atoms with Crippen molar-refractivity contribution in [2.24, 2.45) is 4.99 Å². The molecule has 0 aliphatic heterocycles. The fourth-order valence-corrected chi connectivity index (χ4v) is 2.59. The number of nitrogens with one attached hydrogen (secondary N) is 1. The lowest BCUT2D eigenvalue weighted by Gasteiger charge is -2.10. The number of halogens is 1. The number of rotatable bonds is 8. The lowest BCUT2D eigenvalue weighted by Crippen LogP contribution is -2.22. The summed E-state index contributed by atoms with van der Waals surface area (Å²) in [6.07, 6.45) is 1.13. The number of aryl methyl sites for hydroxylation is 1. The average molecular weight is 349 g/mol. The molecule has 6 nitrogen and oxygen atoms in total. The Morgan fingerprint density at radius 3 is 2.48 bits per heavy atom. The second kappa shape index (κ2) is 8.73. The fraction of sp³-hybridized carbons (Fsp3) is 0.444. The Labute approximate surface area is 146 Å². The van der Waals surface area contributed by atoms with Gasteiger partial charge in [0.15, 0.2) is 6.29 Å². The number of aliphatic imine (C=N–C) groups is 1. The Hall–Kier alpha value is -2.25. The molecule has 1 aromatic carbocycles. The number of H-pyrrole nitrogens is 1. The first kappa shape index (κ1) is 19.1. The quantitative estimate of drug-likeness (QED) is 0.588. The summed E-state index contributed by atoms with van der Waals surface area (Å²) in [6, 6.07) is 5.77. The number of methoxy groups -OCH3 is 2. The predicted octanol–water partition coefficient (Wildman–Crippen LogP) is 2.69. The summed E-state index contributed by atoms with van der Waals surface area (Å²) < 4.78 is 24.8. The van der Waals surface area contributed by atoms with Gasteiger partial charge in [-0.15, -0.1) is 0 Å².